The standard InChI is InChI=1S/C18H14N6OS/c1-2-13(25-6-1)10-19-18-22-15-5-7-26-16(15)17(23-18)21-12-3-4-14-11(8-12)9-20-24-14/h1,3-10H,2H2,(H,20,24)(H2,19,21,22,23). The molecule has 0 radical (unpaired) electrons. The zero-order valence-corrected chi connectivity index (χ0v) is 14.4. The van der Waals surface area contributed by atoms with Crippen LogP contribution in [0.25, 0.3) is 21.1 Å². The van der Waals surface area contributed by atoms with E-state index in [1.807, 2.05) is 35.7 Å². The largest absolute Gasteiger partial charge is 0.468 e. The van der Waals surface area contributed by atoms with Crippen molar-refractivity contribution in [2.24, 2.45) is 0 Å². The summed E-state index contributed by atoms with van der Waals surface area (Å²) < 4.78 is 6.35. The molecule has 1 aromatic carbocycles. The van der Waals surface area contributed by atoms with Gasteiger partial charge >= 0.3 is 0 Å². The molecule has 26 heavy (non-hydrogen) atoms. The van der Waals surface area contributed by atoms with Gasteiger partial charge in [0, 0.05) is 23.7 Å². The summed E-state index contributed by atoms with van der Waals surface area (Å²) >= 11 is 1.61. The lowest BCUT2D eigenvalue weighted by Gasteiger charge is -2.09. The molecule has 0 unspecified atom stereocenters. The van der Waals surface area contributed by atoms with E-state index in [2.05, 4.69) is 30.8 Å². The van der Waals surface area contributed by atoms with Crippen LogP contribution in [0.1, 0.15) is 6.42 Å². The van der Waals surface area contributed by atoms with Gasteiger partial charge in [0.1, 0.15) is 5.76 Å². The highest BCUT2D eigenvalue weighted by Gasteiger charge is 2.10. The van der Waals surface area contributed by atoms with Crippen molar-refractivity contribution < 1.29 is 4.74 Å². The second-order valence-corrected chi connectivity index (χ2v) is 6.69. The molecule has 0 spiro atoms. The number of hydrogen-bond donors (Lipinski definition) is 3. The molecule has 128 valence electrons. The van der Waals surface area contributed by atoms with Crippen molar-refractivity contribution in [1.29, 1.82) is 0 Å². The fourth-order valence-corrected chi connectivity index (χ4v) is 3.53. The minimum absolute atomic E-state index is 0.519. The number of H-pyrrole nitrogens is 1. The molecule has 0 fully saturated rings. The Kier molecular flexibility index (Phi) is 3.53. The number of thiophene rings is 1. The summed E-state index contributed by atoms with van der Waals surface area (Å²) in [6.07, 6.45) is 7.99. The summed E-state index contributed by atoms with van der Waals surface area (Å²) in [6.45, 7) is 0. The topological polar surface area (TPSA) is 87.8 Å². The molecule has 3 aromatic heterocycles. The van der Waals surface area contributed by atoms with Crippen molar-refractivity contribution in [2.75, 3.05) is 10.6 Å². The van der Waals surface area contributed by atoms with E-state index in [1.54, 1.807) is 30.0 Å². The van der Waals surface area contributed by atoms with Crippen LogP contribution in [0.5, 0.6) is 0 Å². The molecule has 0 saturated carbocycles. The van der Waals surface area contributed by atoms with Crippen molar-refractivity contribution in [3.8, 4) is 0 Å². The number of allylic oxidation sites excluding steroid dienone is 1. The molecule has 5 rings (SSSR count). The van der Waals surface area contributed by atoms with E-state index in [-0.39, 0.29) is 0 Å². The third-order valence-corrected chi connectivity index (χ3v) is 4.91. The monoisotopic (exact) mass is 362 g/mol. The number of rotatable bonds is 4. The van der Waals surface area contributed by atoms with Crippen LogP contribution in [-0.4, -0.2) is 20.2 Å². The summed E-state index contributed by atoms with van der Waals surface area (Å²) in [7, 11) is 0. The molecular formula is C18H14N6OS. The van der Waals surface area contributed by atoms with Gasteiger partial charge in [-0.15, -0.1) is 11.3 Å². The van der Waals surface area contributed by atoms with Gasteiger partial charge in [0.2, 0.25) is 5.95 Å². The lowest BCUT2D eigenvalue weighted by atomic mass is 10.2. The molecule has 0 saturated heterocycles. The van der Waals surface area contributed by atoms with Gasteiger partial charge in [0.15, 0.2) is 5.82 Å². The second-order valence-electron chi connectivity index (χ2n) is 5.78. The number of anilines is 3. The highest BCUT2D eigenvalue weighted by molar-refractivity contribution is 7.17. The molecule has 1 aliphatic rings. The lowest BCUT2D eigenvalue weighted by Crippen LogP contribution is -2.01. The molecule has 0 bridgehead atoms. The Hall–Kier alpha value is -3.39. The van der Waals surface area contributed by atoms with E-state index in [4.69, 9.17) is 4.74 Å². The Morgan fingerprint density at radius 2 is 2.23 bits per heavy atom. The maximum absolute atomic E-state index is 5.35. The molecule has 4 heterocycles. The summed E-state index contributed by atoms with van der Waals surface area (Å²) in [5, 5.41) is 16.6. The van der Waals surface area contributed by atoms with E-state index >= 15 is 0 Å². The summed E-state index contributed by atoms with van der Waals surface area (Å²) in [6, 6.07) is 8.01. The Labute approximate surface area is 152 Å². The summed E-state index contributed by atoms with van der Waals surface area (Å²) in [4.78, 5) is 9.18. The highest BCUT2D eigenvalue weighted by Crippen LogP contribution is 2.30. The number of nitrogens with one attached hydrogen (secondary N) is 3. The van der Waals surface area contributed by atoms with Crippen LogP contribution in [0.15, 0.2) is 60.1 Å². The predicted octanol–water partition coefficient (Wildman–Crippen LogP) is 4.50. The van der Waals surface area contributed by atoms with Crippen molar-refractivity contribution >= 4 is 49.9 Å². The quantitative estimate of drug-likeness (QED) is 0.495. The average Bonchev–Trinajstić information content (AvgIpc) is 3.40. The number of ether oxygens (including phenoxy) is 1. The molecule has 1 aliphatic heterocycles. The van der Waals surface area contributed by atoms with Crippen LogP contribution < -0.4 is 10.6 Å². The van der Waals surface area contributed by atoms with Crippen molar-refractivity contribution in [2.45, 2.75) is 6.42 Å². The van der Waals surface area contributed by atoms with Crippen LogP contribution in [0, 0.1) is 0 Å². The molecular weight excluding hydrogens is 348 g/mol. The van der Waals surface area contributed by atoms with Crippen molar-refractivity contribution in [3.63, 3.8) is 0 Å². The maximum Gasteiger partial charge on any atom is 0.229 e. The van der Waals surface area contributed by atoms with Gasteiger partial charge in [0.05, 0.1) is 28.2 Å². The number of aromatic amines is 1. The molecule has 0 amide bonds. The van der Waals surface area contributed by atoms with E-state index in [1.165, 1.54) is 0 Å². The van der Waals surface area contributed by atoms with E-state index in [0.29, 0.717) is 5.95 Å². The molecule has 3 N–H and O–H groups in total. The van der Waals surface area contributed by atoms with Crippen LogP contribution >= 0.6 is 11.3 Å². The van der Waals surface area contributed by atoms with Crippen LogP contribution in [0.3, 0.4) is 0 Å². The van der Waals surface area contributed by atoms with Crippen LogP contribution in [0.4, 0.5) is 17.5 Å². The fraction of sp³-hybridized carbons (Fsp3) is 0.0556. The average molecular weight is 362 g/mol. The first-order valence-corrected chi connectivity index (χ1v) is 8.96. The third-order valence-electron chi connectivity index (χ3n) is 4.00. The maximum atomic E-state index is 5.35. The minimum atomic E-state index is 0.519. The van der Waals surface area contributed by atoms with Gasteiger partial charge in [-0.3, -0.25) is 5.10 Å². The van der Waals surface area contributed by atoms with Gasteiger partial charge in [-0.05, 0) is 35.7 Å². The fourth-order valence-electron chi connectivity index (χ4n) is 2.76. The molecule has 0 atom stereocenters. The third kappa shape index (κ3) is 2.76. The van der Waals surface area contributed by atoms with Gasteiger partial charge in [-0.2, -0.15) is 10.1 Å². The second kappa shape index (κ2) is 6.16. The Bertz CT molecular complexity index is 1150. The number of aromatic nitrogens is 4. The highest BCUT2D eigenvalue weighted by atomic mass is 32.1. The number of benzene rings is 1. The predicted molar refractivity (Wildman–Crippen MR) is 103 cm³/mol. The van der Waals surface area contributed by atoms with Crippen molar-refractivity contribution in [1.82, 2.24) is 20.2 Å². The molecule has 4 aromatic rings. The zero-order chi connectivity index (χ0) is 17.3. The summed E-state index contributed by atoms with van der Waals surface area (Å²) in [5.41, 5.74) is 2.84. The molecule has 7 nitrogen and oxygen atoms in total. The first kappa shape index (κ1) is 14.9. The number of fused-ring (bicyclic) bond motifs is 2. The molecule has 8 heteroatoms. The number of nitrogens with zero attached hydrogens (tertiary/aromatic N) is 3. The van der Waals surface area contributed by atoms with E-state index in [9.17, 15) is 0 Å². The molecule has 0 aliphatic carbocycles. The normalized spacial score (nSPS) is 15.0. The van der Waals surface area contributed by atoms with E-state index < -0.39 is 0 Å². The minimum Gasteiger partial charge on any atom is -0.468 e. The van der Waals surface area contributed by atoms with Gasteiger partial charge < -0.3 is 15.4 Å². The Morgan fingerprint density at radius 1 is 1.23 bits per heavy atom. The summed E-state index contributed by atoms with van der Waals surface area (Å²) in [5.74, 6) is 2.11. The lowest BCUT2D eigenvalue weighted by molar-refractivity contribution is 0.366. The first-order valence-electron chi connectivity index (χ1n) is 8.08. The zero-order valence-electron chi connectivity index (χ0n) is 13.6. The van der Waals surface area contributed by atoms with Crippen LogP contribution in [0.2, 0.25) is 0 Å². The van der Waals surface area contributed by atoms with E-state index in [0.717, 1.165) is 44.8 Å². The SMILES string of the molecule is C1=COC(=CNc2nc(Nc3ccc4[nH]ncc4c3)c3sccc3n2)C1. The number of hydrogen-bond acceptors (Lipinski definition) is 7. The smallest absolute Gasteiger partial charge is 0.229 e. The Morgan fingerprint density at radius 3 is 3.15 bits per heavy atom. The van der Waals surface area contributed by atoms with Gasteiger partial charge in [0.25, 0.3) is 0 Å². The van der Waals surface area contributed by atoms with Gasteiger partial charge in [-0.1, -0.05) is 0 Å². The first-order chi connectivity index (χ1) is 12.8. The van der Waals surface area contributed by atoms with Gasteiger partial charge in [-0.25, -0.2) is 4.98 Å². The van der Waals surface area contributed by atoms with Crippen molar-refractivity contribution in [3.05, 3.63) is 60.1 Å². The van der Waals surface area contributed by atoms with Crippen LogP contribution in [-0.2, 0) is 4.74 Å². The Balaban J connectivity index is 1.48.